The van der Waals surface area contributed by atoms with Gasteiger partial charge in [0.15, 0.2) is 0 Å². The quantitative estimate of drug-likeness (QED) is 0.498. The molecule has 0 spiro atoms. The molecule has 1 heterocycles. The lowest BCUT2D eigenvalue weighted by molar-refractivity contribution is -0.132. The molecule has 6 heteroatoms. The Hall–Kier alpha value is -1.11. The van der Waals surface area contributed by atoms with E-state index < -0.39 is 6.10 Å². The van der Waals surface area contributed by atoms with Gasteiger partial charge in [-0.05, 0) is 49.9 Å². The molecule has 0 saturated carbocycles. The number of benzene rings is 1. The average molecular weight is 343 g/mol. The molecular formula is C14H19BrN2O3. The van der Waals surface area contributed by atoms with Gasteiger partial charge in [0.25, 0.3) is 5.91 Å². The number of hydrogen-bond acceptors (Lipinski definition) is 4. The smallest absolute Gasteiger partial charge is 0.263 e. The van der Waals surface area contributed by atoms with Gasteiger partial charge in [0, 0.05) is 4.47 Å². The molecule has 5 nitrogen and oxygen atoms in total. The van der Waals surface area contributed by atoms with E-state index in [1.54, 1.807) is 0 Å². The Morgan fingerprint density at radius 1 is 1.45 bits per heavy atom. The van der Waals surface area contributed by atoms with Gasteiger partial charge in [-0.2, -0.15) is 0 Å². The van der Waals surface area contributed by atoms with Crippen molar-refractivity contribution in [1.29, 1.82) is 0 Å². The van der Waals surface area contributed by atoms with Gasteiger partial charge in [-0.15, -0.1) is 0 Å². The minimum Gasteiger partial charge on any atom is -0.491 e. The summed E-state index contributed by atoms with van der Waals surface area (Å²) in [6.07, 6.45) is 0.950. The maximum atomic E-state index is 11.4. The highest BCUT2D eigenvalue weighted by molar-refractivity contribution is 9.10. The number of carbonyl (C=O) groups is 1. The monoisotopic (exact) mass is 342 g/mol. The summed E-state index contributed by atoms with van der Waals surface area (Å²) in [5.41, 5.74) is 4.38. The molecule has 1 fully saturated rings. The highest BCUT2D eigenvalue weighted by Crippen LogP contribution is 2.27. The first-order valence-electron chi connectivity index (χ1n) is 6.56. The fraction of sp³-hybridized carbons (Fsp3) is 0.500. The lowest BCUT2D eigenvalue weighted by atomic mass is 10.1. The number of amides is 1. The zero-order chi connectivity index (χ0) is 14.7. The van der Waals surface area contributed by atoms with E-state index in [0.29, 0.717) is 13.0 Å². The molecule has 0 aromatic heterocycles. The standard InChI is InChI=1S/C14H19BrN2O3/c1-8-5-11(6-9(2)13(8)15)19-7-10-3-4-12(20-10)14(18)17-16/h5-6,10,12H,3-4,7,16H2,1-2H3,(H,17,18). The lowest BCUT2D eigenvalue weighted by Gasteiger charge is -2.15. The number of nitrogens with two attached hydrogens (primary N) is 1. The Morgan fingerprint density at radius 2 is 2.10 bits per heavy atom. The minimum absolute atomic E-state index is 0.0680. The fourth-order valence-electron chi connectivity index (χ4n) is 2.29. The van der Waals surface area contributed by atoms with Crippen molar-refractivity contribution in [3.63, 3.8) is 0 Å². The Labute approximate surface area is 126 Å². The molecular weight excluding hydrogens is 324 g/mol. The largest absolute Gasteiger partial charge is 0.491 e. The molecule has 2 rings (SSSR count). The molecule has 2 atom stereocenters. The number of hydrazine groups is 1. The maximum Gasteiger partial charge on any atom is 0.263 e. The first kappa shape index (κ1) is 15.3. The van der Waals surface area contributed by atoms with Gasteiger partial charge >= 0.3 is 0 Å². The fourth-order valence-corrected chi connectivity index (χ4v) is 2.52. The van der Waals surface area contributed by atoms with Crippen LogP contribution in [0.4, 0.5) is 0 Å². The van der Waals surface area contributed by atoms with E-state index in [1.807, 2.05) is 26.0 Å². The van der Waals surface area contributed by atoms with Crippen LogP contribution >= 0.6 is 15.9 Å². The van der Waals surface area contributed by atoms with Crippen LogP contribution in [0.25, 0.3) is 0 Å². The normalized spacial score (nSPS) is 21.8. The predicted molar refractivity (Wildman–Crippen MR) is 79.3 cm³/mol. The van der Waals surface area contributed by atoms with E-state index in [4.69, 9.17) is 15.3 Å². The van der Waals surface area contributed by atoms with Gasteiger partial charge in [-0.1, -0.05) is 15.9 Å². The van der Waals surface area contributed by atoms with Crippen molar-refractivity contribution < 1.29 is 14.3 Å². The predicted octanol–water partition coefficient (Wildman–Crippen LogP) is 1.98. The Bertz CT molecular complexity index is 484. The first-order valence-corrected chi connectivity index (χ1v) is 7.36. The number of aryl methyl sites for hydroxylation is 2. The van der Waals surface area contributed by atoms with E-state index in [1.165, 1.54) is 0 Å². The van der Waals surface area contributed by atoms with Crippen molar-refractivity contribution in [2.75, 3.05) is 6.61 Å². The van der Waals surface area contributed by atoms with Crippen molar-refractivity contribution in [3.05, 3.63) is 27.7 Å². The molecule has 110 valence electrons. The van der Waals surface area contributed by atoms with Crippen molar-refractivity contribution in [2.24, 2.45) is 5.84 Å². The van der Waals surface area contributed by atoms with Crippen LogP contribution in [0, 0.1) is 13.8 Å². The van der Waals surface area contributed by atoms with Crippen LogP contribution in [0.2, 0.25) is 0 Å². The van der Waals surface area contributed by atoms with Gasteiger partial charge in [0.1, 0.15) is 18.5 Å². The van der Waals surface area contributed by atoms with Crippen molar-refractivity contribution in [2.45, 2.75) is 38.9 Å². The Kier molecular flexibility index (Phi) is 5.01. The minimum atomic E-state index is -0.456. The number of carbonyl (C=O) groups excluding carboxylic acids is 1. The molecule has 1 aromatic carbocycles. The third-order valence-corrected chi connectivity index (χ3v) is 4.64. The number of rotatable bonds is 4. The van der Waals surface area contributed by atoms with Crippen LogP contribution < -0.4 is 16.0 Å². The summed E-state index contributed by atoms with van der Waals surface area (Å²) in [5.74, 6) is 5.64. The third kappa shape index (κ3) is 3.50. The number of halogens is 1. The maximum absolute atomic E-state index is 11.4. The summed E-state index contributed by atoms with van der Waals surface area (Å²) >= 11 is 3.53. The van der Waals surface area contributed by atoms with Crippen LogP contribution in [0.5, 0.6) is 5.75 Å². The number of ether oxygens (including phenoxy) is 2. The molecule has 2 unspecified atom stereocenters. The molecule has 1 aliphatic rings. The van der Waals surface area contributed by atoms with Crippen LogP contribution in [-0.4, -0.2) is 24.7 Å². The zero-order valence-corrected chi connectivity index (χ0v) is 13.2. The molecule has 0 aliphatic carbocycles. The first-order chi connectivity index (χ1) is 9.51. The average Bonchev–Trinajstić information content (AvgIpc) is 2.90. The van der Waals surface area contributed by atoms with Crippen molar-refractivity contribution >= 4 is 21.8 Å². The highest BCUT2D eigenvalue weighted by atomic mass is 79.9. The molecule has 20 heavy (non-hydrogen) atoms. The molecule has 1 amide bonds. The zero-order valence-electron chi connectivity index (χ0n) is 11.6. The molecule has 1 saturated heterocycles. The summed E-state index contributed by atoms with van der Waals surface area (Å²) in [6, 6.07) is 3.96. The van der Waals surface area contributed by atoms with E-state index in [-0.39, 0.29) is 12.0 Å². The van der Waals surface area contributed by atoms with Gasteiger partial charge in [0.05, 0.1) is 6.10 Å². The summed E-state index contributed by atoms with van der Waals surface area (Å²) in [5, 5.41) is 0. The van der Waals surface area contributed by atoms with Crippen LogP contribution in [0.1, 0.15) is 24.0 Å². The second-order valence-corrected chi connectivity index (χ2v) is 5.81. The molecule has 3 N–H and O–H groups in total. The molecule has 0 radical (unpaired) electrons. The van der Waals surface area contributed by atoms with Gasteiger partial charge in [-0.25, -0.2) is 5.84 Å². The van der Waals surface area contributed by atoms with Crippen LogP contribution in [-0.2, 0) is 9.53 Å². The Morgan fingerprint density at radius 3 is 2.70 bits per heavy atom. The van der Waals surface area contributed by atoms with Crippen molar-refractivity contribution in [1.82, 2.24) is 5.43 Å². The molecule has 0 bridgehead atoms. The van der Waals surface area contributed by atoms with Crippen LogP contribution in [0.15, 0.2) is 16.6 Å². The second kappa shape index (κ2) is 6.56. The SMILES string of the molecule is Cc1cc(OCC2CCC(C(=O)NN)O2)cc(C)c1Br. The Balaban J connectivity index is 1.89. The molecule has 1 aromatic rings. The summed E-state index contributed by atoms with van der Waals surface area (Å²) < 4.78 is 12.5. The van der Waals surface area contributed by atoms with Crippen molar-refractivity contribution in [3.8, 4) is 5.75 Å². The van der Waals surface area contributed by atoms with E-state index >= 15 is 0 Å². The second-order valence-electron chi connectivity index (χ2n) is 5.01. The van der Waals surface area contributed by atoms with E-state index in [9.17, 15) is 4.79 Å². The topological polar surface area (TPSA) is 73.6 Å². The van der Waals surface area contributed by atoms with Gasteiger partial charge in [-0.3, -0.25) is 10.2 Å². The number of hydrogen-bond donors (Lipinski definition) is 2. The van der Waals surface area contributed by atoms with Gasteiger partial charge < -0.3 is 9.47 Å². The summed E-state index contributed by atoms with van der Waals surface area (Å²) in [7, 11) is 0. The highest BCUT2D eigenvalue weighted by Gasteiger charge is 2.30. The third-order valence-electron chi connectivity index (χ3n) is 3.39. The summed E-state index contributed by atoms with van der Waals surface area (Å²) in [4.78, 5) is 11.4. The number of nitrogens with one attached hydrogen (secondary N) is 1. The molecule has 1 aliphatic heterocycles. The lowest BCUT2D eigenvalue weighted by Crippen LogP contribution is -2.39. The van der Waals surface area contributed by atoms with Crippen LogP contribution in [0.3, 0.4) is 0 Å². The van der Waals surface area contributed by atoms with E-state index in [0.717, 1.165) is 27.8 Å². The summed E-state index contributed by atoms with van der Waals surface area (Å²) in [6.45, 7) is 4.49. The van der Waals surface area contributed by atoms with Gasteiger partial charge in [0.2, 0.25) is 0 Å². The van der Waals surface area contributed by atoms with E-state index in [2.05, 4.69) is 21.4 Å².